The van der Waals surface area contributed by atoms with Crippen molar-refractivity contribution in [2.75, 3.05) is 39.4 Å². The molecule has 2 aliphatic rings. The van der Waals surface area contributed by atoms with Gasteiger partial charge in [-0.15, -0.1) is 0 Å². The van der Waals surface area contributed by atoms with E-state index in [2.05, 4.69) is 5.32 Å². The van der Waals surface area contributed by atoms with Crippen LogP contribution in [0.4, 0.5) is 4.79 Å². The van der Waals surface area contributed by atoms with Gasteiger partial charge in [0.15, 0.2) is 0 Å². The number of piperazine rings is 1. The maximum Gasteiger partial charge on any atom is 0.409 e. The fourth-order valence-electron chi connectivity index (χ4n) is 4.17. The fraction of sp³-hybridized carbons (Fsp3) is 0.241. The molecule has 0 aliphatic carbocycles. The highest BCUT2D eigenvalue weighted by Crippen LogP contribution is 2.34. The van der Waals surface area contributed by atoms with Crippen molar-refractivity contribution in [1.29, 1.82) is 0 Å². The van der Waals surface area contributed by atoms with Gasteiger partial charge in [-0.3, -0.25) is 9.69 Å². The summed E-state index contributed by atoms with van der Waals surface area (Å²) in [6, 6.07) is 20.1. The van der Waals surface area contributed by atoms with Gasteiger partial charge in [-0.1, -0.05) is 66.4 Å². The van der Waals surface area contributed by atoms with Gasteiger partial charge in [0.2, 0.25) is 0 Å². The average Bonchev–Trinajstić information content (AvgIpc) is 3.56. The summed E-state index contributed by atoms with van der Waals surface area (Å²) >= 11 is 6.68. The smallest absolute Gasteiger partial charge is 0.409 e. The molecular formula is C29H27N3O6S2. The minimum atomic E-state index is -0.512. The number of furan rings is 1. The predicted octanol–water partition coefficient (Wildman–Crippen LogP) is 4.55. The van der Waals surface area contributed by atoms with Gasteiger partial charge in [0.1, 0.15) is 29.1 Å². The van der Waals surface area contributed by atoms with E-state index in [1.165, 1.54) is 11.8 Å². The third-order valence-corrected chi connectivity index (χ3v) is 7.66. The molecule has 0 saturated carbocycles. The third kappa shape index (κ3) is 6.79. The Bertz CT molecular complexity index is 1420. The van der Waals surface area contributed by atoms with E-state index in [0.717, 1.165) is 24.2 Å². The molecule has 0 bridgehead atoms. The van der Waals surface area contributed by atoms with Crippen molar-refractivity contribution in [2.24, 2.45) is 0 Å². The molecule has 2 amide bonds. The minimum absolute atomic E-state index is 0.00715. The van der Waals surface area contributed by atoms with Gasteiger partial charge in [0, 0.05) is 37.8 Å². The Hall–Kier alpha value is -3.93. The van der Waals surface area contributed by atoms with Crippen LogP contribution in [0, 0.1) is 0 Å². The number of thioether (sulfide) groups is 1. The van der Waals surface area contributed by atoms with Crippen LogP contribution >= 0.6 is 24.0 Å². The lowest BCUT2D eigenvalue weighted by molar-refractivity contribution is -0.122. The summed E-state index contributed by atoms with van der Waals surface area (Å²) < 4.78 is 16.9. The second kappa shape index (κ2) is 12.9. The average molecular weight is 578 g/mol. The number of hydrogen-bond acceptors (Lipinski definition) is 9. The Morgan fingerprint density at radius 3 is 2.45 bits per heavy atom. The van der Waals surface area contributed by atoms with E-state index in [9.17, 15) is 14.4 Å². The summed E-state index contributed by atoms with van der Waals surface area (Å²) in [4.78, 5) is 41.0. The number of benzene rings is 2. The molecule has 2 aliphatic heterocycles. The van der Waals surface area contributed by atoms with Gasteiger partial charge in [-0.25, -0.2) is 9.59 Å². The van der Waals surface area contributed by atoms with Crippen LogP contribution in [-0.2, 0) is 20.8 Å². The quantitative estimate of drug-likeness (QED) is 0.179. The van der Waals surface area contributed by atoms with Crippen LogP contribution in [0.2, 0.25) is 0 Å². The van der Waals surface area contributed by atoms with Gasteiger partial charge in [-0.05, 0) is 29.8 Å². The molecule has 2 aromatic carbocycles. The molecule has 2 fully saturated rings. The van der Waals surface area contributed by atoms with Gasteiger partial charge in [0.25, 0.3) is 5.91 Å². The summed E-state index contributed by atoms with van der Waals surface area (Å²) in [5, 5.41) is 3.16. The van der Waals surface area contributed by atoms with Gasteiger partial charge < -0.3 is 24.1 Å². The minimum Gasteiger partial charge on any atom is -0.458 e. The summed E-state index contributed by atoms with van der Waals surface area (Å²) in [5.41, 5.74) is 2.13. The first-order chi connectivity index (χ1) is 19.5. The second-order valence-electron chi connectivity index (χ2n) is 9.02. The van der Waals surface area contributed by atoms with Crippen molar-refractivity contribution in [1.82, 2.24) is 15.1 Å². The van der Waals surface area contributed by atoms with Gasteiger partial charge in [0.05, 0.1) is 17.0 Å². The summed E-state index contributed by atoms with van der Waals surface area (Å²) in [6.07, 6.45) is 1.28. The molecule has 9 nitrogen and oxygen atoms in total. The number of nitrogens with zero attached hydrogens (tertiary/aromatic N) is 2. The molecule has 3 heterocycles. The molecule has 0 spiro atoms. The number of rotatable bonds is 8. The monoisotopic (exact) mass is 577 g/mol. The van der Waals surface area contributed by atoms with E-state index in [4.69, 9.17) is 26.1 Å². The third-order valence-electron chi connectivity index (χ3n) is 6.28. The second-order valence-corrected chi connectivity index (χ2v) is 10.7. The van der Waals surface area contributed by atoms with Crippen LogP contribution in [0.3, 0.4) is 0 Å². The topological polar surface area (TPSA) is 101 Å². The highest BCUT2D eigenvalue weighted by atomic mass is 32.2. The van der Waals surface area contributed by atoms with E-state index >= 15 is 0 Å². The Labute approximate surface area is 241 Å². The van der Waals surface area contributed by atoms with Crippen molar-refractivity contribution >= 4 is 52.3 Å². The number of carbonyl (C=O) groups excluding carboxylic acids is 3. The molecule has 3 aromatic rings. The number of nitrogens with one attached hydrogen (secondary N) is 1. The maximum absolute atomic E-state index is 12.9. The summed E-state index contributed by atoms with van der Waals surface area (Å²) in [6.45, 7) is 3.04. The fourth-order valence-corrected chi connectivity index (χ4v) is 5.41. The Kier molecular flexibility index (Phi) is 8.94. The first kappa shape index (κ1) is 27.6. The van der Waals surface area contributed by atoms with Crippen LogP contribution in [-0.4, -0.2) is 71.5 Å². The zero-order chi connectivity index (χ0) is 27.9. The Morgan fingerprint density at radius 1 is 0.975 bits per heavy atom. The number of esters is 1. The molecule has 0 radical (unpaired) electrons. The van der Waals surface area contributed by atoms with Crippen LogP contribution in [0.15, 0.2) is 76.1 Å². The standard InChI is InChI=1S/C29H27N3O6S2/c33-26-25(40-29(39)32(26)19-20-4-2-1-3-5-20)18-23-10-11-24(38-23)21-6-8-22(9-7-21)27(34)36-16-17-37-28(35)31-14-12-30-13-15-31/h1-11,18,30H,12-17,19H2/b25-18+. The molecule has 0 unspecified atom stereocenters. The molecule has 1 N–H and O–H groups in total. The van der Waals surface area contributed by atoms with E-state index in [0.29, 0.717) is 45.9 Å². The lowest BCUT2D eigenvalue weighted by atomic mass is 10.1. The number of ether oxygens (including phenoxy) is 2. The molecule has 5 rings (SSSR count). The van der Waals surface area contributed by atoms with Crippen molar-refractivity contribution in [2.45, 2.75) is 6.54 Å². The van der Waals surface area contributed by atoms with Crippen molar-refractivity contribution in [3.63, 3.8) is 0 Å². The van der Waals surface area contributed by atoms with Crippen molar-refractivity contribution in [3.05, 3.63) is 88.5 Å². The van der Waals surface area contributed by atoms with Crippen LogP contribution in [0.5, 0.6) is 0 Å². The van der Waals surface area contributed by atoms with Crippen molar-refractivity contribution in [3.8, 4) is 11.3 Å². The largest absolute Gasteiger partial charge is 0.458 e. The molecular weight excluding hydrogens is 550 g/mol. The van der Waals surface area contributed by atoms with Crippen molar-refractivity contribution < 1.29 is 28.3 Å². The van der Waals surface area contributed by atoms with Crippen LogP contribution in [0.1, 0.15) is 21.7 Å². The maximum atomic E-state index is 12.9. The number of carbonyl (C=O) groups is 3. The molecule has 206 valence electrons. The zero-order valence-electron chi connectivity index (χ0n) is 21.5. The Morgan fingerprint density at radius 2 is 1.70 bits per heavy atom. The molecule has 0 atom stereocenters. The highest BCUT2D eigenvalue weighted by Gasteiger charge is 2.32. The SMILES string of the molecule is O=C(OCCOC(=O)N1CCNCC1)c1ccc(-c2ccc(/C=C3/SC(=S)N(Cc4ccccc4)C3=O)o2)cc1. The molecule has 11 heteroatoms. The first-order valence-corrected chi connectivity index (χ1v) is 14.0. The number of amides is 2. The zero-order valence-corrected chi connectivity index (χ0v) is 23.2. The lowest BCUT2D eigenvalue weighted by Crippen LogP contribution is -2.46. The molecule has 1 aromatic heterocycles. The van der Waals surface area contributed by atoms with E-state index in [1.807, 2.05) is 30.3 Å². The van der Waals surface area contributed by atoms with E-state index < -0.39 is 12.1 Å². The molecule has 40 heavy (non-hydrogen) atoms. The first-order valence-electron chi connectivity index (χ1n) is 12.8. The molecule has 2 saturated heterocycles. The lowest BCUT2D eigenvalue weighted by Gasteiger charge is -2.26. The summed E-state index contributed by atoms with van der Waals surface area (Å²) in [5.74, 6) is 0.445. The number of thiocarbonyl (C=S) groups is 1. The van der Waals surface area contributed by atoms with Crippen LogP contribution in [0.25, 0.3) is 17.4 Å². The Balaban J connectivity index is 1.13. The van der Waals surface area contributed by atoms with E-state index in [-0.39, 0.29) is 19.1 Å². The number of hydrogen-bond donors (Lipinski definition) is 1. The predicted molar refractivity (Wildman–Crippen MR) is 155 cm³/mol. The van der Waals surface area contributed by atoms with E-state index in [1.54, 1.807) is 52.3 Å². The highest BCUT2D eigenvalue weighted by molar-refractivity contribution is 8.26. The normalized spacial score (nSPS) is 16.4. The van der Waals surface area contributed by atoms with Crippen LogP contribution < -0.4 is 5.32 Å². The van der Waals surface area contributed by atoms with Gasteiger partial charge in [-0.2, -0.15) is 0 Å². The van der Waals surface area contributed by atoms with Gasteiger partial charge >= 0.3 is 12.1 Å². The summed E-state index contributed by atoms with van der Waals surface area (Å²) in [7, 11) is 0.